The maximum atomic E-state index is 12.1. The van der Waals surface area contributed by atoms with Crippen LogP contribution < -0.4 is 10.2 Å². The fourth-order valence-electron chi connectivity index (χ4n) is 2.60. The van der Waals surface area contributed by atoms with Crippen molar-refractivity contribution in [2.45, 2.75) is 13.5 Å². The third-order valence-electron chi connectivity index (χ3n) is 4.06. The Kier molecular flexibility index (Phi) is 5.17. The molecule has 0 aliphatic carbocycles. The molecule has 1 aliphatic heterocycles. The number of carbonyl (C=O) groups is 2. The molecule has 0 unspecified atom stereocenters. The molecule has 8 nitrogen and oxygen atoms in total. The fourth-order valence-corrected chi connectivity index (χ4v) is 2.60. The molecule has 2 aromatic heterocycles. The van der Waals surface area contributed by atoms with E-state index in [2.05, 4.69) is 20.3 Å². The summed E-state index contributed by atoms with van der Waals surface area (Å²) in [6.45, 7) is 4.62. The molecule has 0 atom stereocenters. The standard InChI is InChI=1S/C17H20N6O2/c1-13(24)22-6-8-23(9-7-22)17-20-10-14(11-21-17)16(25)19-12-15-4-2-3-5-18-15/h2-5,10-11H,6-9,12H2,1H3,(H,19,25). The number of hydrogen-bond donors (Lipinski definition) is 1. The van der Waals surface area contributed by atoms with Crippen LogP contribution in [0.1, 0.15) is 23.0 Å². The first-order valence-corrected chi connectivity index (χ1v) is 8.14. The highest BCUT2D eigenvalue weighted by atomic mass is 16.2. The van der Waals surface area contributed by atoms with Gasteiger partial charge in [-0.15, -0.1) is 0 Å². The summed E-state index contributed by atoms with van der Waals surface area (Å²) in [6, 6.07) is 5.55. The zero-order valence-electron chi connectivity index (χ0n) is 14.1. The van der Waals surface area contributed by atoms with E-state index >= 15 is 0 Å². The predicted molar refractivity (Wildman–Crippen MR) is 91.9 cm³/mol. The lowest BCUT2D eigenvalue weighted by molar-refractivity contribution is -0.129. The van der Waals surface area contributed by atoms with Crippen LogP contribution in [0.25, 0.3) is 0 Å². The Balaban J connectivity index is 1.55. The maximum Gasteiger partial charge on any atom is 0.254 e. The summed E-state index contributed by atoms with van der Waals surface area (Å²) in [5.41, 5.74) is 1.19. The average Bonchev–Trinajstić information content (AvgIpc) is 2.67. The zero-order valence-corrected chi connectivity index (χ0v) is 14.1. The molecule has 25 heavy (non-hydrogen) atoms. The molecule has 1 aliphatic rings. The van der Waals surface area contributed by atoms with Crippen LogP contribution in [0.2, 0.25) is 0 Å². The molecule has 2 aromatic rings. The molecule has 130 valence electrons. The van der Waals surface area contributed by atoms with Crippen LogP contribution in [0.5, 0.6) is 0 Å². The molecule has 3 heterocycles. The van der Waals surface area contributed by atoms with E-state index in [0.717, 1.165) is 5.69 Å². The SMILES string of the molecule is CC(=O)N1CCN(c2ncc(C(=O)NCc3ccccn3)cn2)CC1. The summed E-state index contributed by atoms with van der Waals surface area (Å²) in [5.74, 6) is 0.420. The number of nitrogens with zero attached hydrogens (tertiary/aromatic N) is 5. The van der Waals surface area contributed by atoms with Crippen molar-refractivity contribution in [1.82, 2.24) is 25.2 Å². The third kappa shape index (κ3) is 4.28. The fraction of sp³-hybridized carbons (Fsp3) is 0.353. The van der Waals surface area contributed by atoms with Crippen molar-refractivity contribution >= 4 is 17.8 Å². The van der Waals surface area contributed by atoms with Gasteiger partial charge in [-0.2, -0.15) is 0 Å². The Morgan fingerprint density at radius 2 is 1.80 bits per heavy atom. The number of rotatable bonds is 4. The topological polar surface area (TPSA) is 91.3 Å². The lowest BCUT2D eigenvalue weighted by Gasteiger charge is -2.34. The minimum absolute atomic E-state index is 0.0838. The number of carbonyl (C=O) groups excluding carboxylic acids is 2. The largest absolute Gasteiger partial charge is 0.346 e. The monoisotopic (exact) mass is 340 g/mol. The number of nitrogens with one attached hydrogen (secondary N) is 1. The van der Waals surface area contributed by atoms with Gasteiger partial charge in [-0.25, -0.2) is 9.97 Å². The van der Waals surface area contributed by atoms with Gasteiger partial charge in [0.15, 0.2) is 0 Å². The van der Waals surface area contributed by atoms with E-state index in [1.165, 1.54) is 12.4 Å². The van der Waals surface area contributed by atoms with E-state index in [1.807, 2.05) is 23.1 Å². The van der Waals surface area contributed by atoms with Crippen molar-refractivity contribution in [2.24, 2.45) is 0 Å². The van der Waals surface area contributed by atoms with Gasteiger partial charge in [-0.1, -0.05) is 6.07 Å². The molecule has 8 heteroatoms. The van der Waals surface area contributed by atoms with Crippen LogP contribution in [0.3, 0.4) is 0 Å². The highest BCUT2D eigenvalue weighted by molar-refractivity contribution is 5.93. The molecule has 2 amide bonds. The van der Waals surface area contributed by atoms with Gasteiger partial charge >= 0.3 is 0 Å². The van der Waals surface area contributed by atoms with Gasteiger partial charge in [0, 0.05) is 51.7 Å². The van der Waals surface area contributed by atoms with Gasteiger partial charge in [0.05, 0.1) is 17.8 Å². The van der Waals surface area contributed by atoms with Crippen molar-refractivity contribution in [3.63, 3.8) is 0 Å². The van der Waals surface area contributed by atoms with E-state index in [9.17, 15) is 9.59 Å². The number of amides is 2. The number of hydrogen-bond acceptors (Lipinski definition) is 6. The summed E-state index contributed by atoms with van der Waals surface area (Å²) < 4.78 is 0. The van der Waals surface area contributed by atoms with Crippen LogP contribution in [0.15, 0.2) is 36.8 Å². The molecule has 1 fully saturated rings. The molecular formula is C17H20N6O2. The number of anilines is 1. The Morgan fingerprint density at radius 3 is 2.40 bits per heavy atom. The van der Waals surface area contributed by atoms with Gasteiger partial charge < -0.3 is 15.1 Å². The minimum Gasteiger partial charge on any atom is -0.346 e. The quantitative estimate of drug-likeness (QED) is 0.870. The second kappa shape index (κ2) is 7.69. The van der Waals surface area contributed by atoms with Crippen LogP contribution in [-0.4, -0.2) is 57.8 Å². The summed E-state index contributed by atoms with van der Waals surface area (Å²) in [7, 11) is 0. The van der Waals surface area contributed by atoms with Crippen molar-refractivity contribution in [3.05, 3.63) is 48.0 Å². The summed E-state index contributed by atoms with van der Waals surface area (Å²) in [6.07, 6.45) is 4.73. The zero-order chi connectivity index (χ0) is 17.6. The molecular weight excluding hydrogens is 320 g/mol. The summed E-state index contributed by atoms with van der Waals surface area (Å²) in [5, 5.41) is 2.79. The van der Waals surface area contributed by atoms with E-state index in [0.29, 0.717) is 44.2 Å². The highest BCUT2D eigenvalue weighted by Gasteiger charge is 2.20. The van der Waals surface area contributed by atoms with Gasteiger partial charge in [0.25, 0.3) is 5.91 Å². The van der Waals surface area contributed by atoms with Crippen molar-refractivity contribution < 1.29 is 9.59 Å². The first-order chi connectivity index (χ1) is 12.1. The second-order valence-corrected chi connectivity index (χ2v) is 5.77. The van der Waals surface area contributed by atoms with E-state index in [-0.39, 0.29) is 11.8 Å². The number of pyridine rings is 1. The smallest absolute Gasteiger partial charge is 0.254 e. The Morgan fingerprint density at radius 1 is 1.08 bits per heavy atom. The molecule has 3 rings (SSSR count). The predicted octanol–water partition coefficient (Wildman–Crippen LogP) is 0.470. The van der Waals surface area contributed by atoms with Gasteiger partial charge in [-0.3, -0.25) is 14.6 Å². The van der Waals surface area contributed by atoms with Crippen molar-refractivity contribution in [1.29, 1.82) is 0 Å². The first-order valence-electron chi connectivity index (χ1n) is 8.14. The molecule has 0 spiro atoms. The van der Waals surface area contributed by atoms with Crippen LogP contribution in [-0.2, 0) is 11.3 Å². The average molecular weight is 340 g/mol. The number of piperazine rings is 1. The van der Waals surface area contributed by atoms with Gasteiger partial charge in [0.2, 0.25) is 11.9 Å². The second-order valence-electron chi connectivity index (χ2n) is 5.77. The molecule has 0 bridgehead atoms. The highest BCUT2D eigenvalue weighted by Crippen LogP contribution is 2.11. The minimum atomic E-state index is -0.237. The third-order valence-corrected chi connectivity index (χ3v) is 4.06. The molecule has 1 N–H and O–H groups in total. The lowest BCUT2D eigenvalue weighted by atomic mass is 10.3. The molecule has 0 radical (unpaired) electrons. The number of aromatic nitrogens is 3. The van der Waals surface area contributed by atoms with Crippen LogP contribution in [0.4, 0.5) is 5.95 Å². The van der Waals surface area contributed by atoms with Crippen LogP contribution in [0, 0.1) is 0 Å². The summed E-state index contributed by atoms with van der Waals surface area (Å²) >= 11 is 0. The normalized spacial score (nSPS) is 14.3. The van der Waals surface area contributed by atoms with E-state index in [1.54, 1.807) is 18.0 Å². The molecule has 1 saturated heterocycles. The van der Waals surface area contributed by atoms with Gasteiger partial charge in [0.1, 0.15) is 0 Å². The Labute approximate surface area is 145 Å². The Hall–Kier alpha value is -3.03. The van der Waals surface area contributed by atoms with E-state index in [4.69, 9.17) is 0 Å². The molecule has 0 saturated carbocycles. The van der Waals surface area contributed by atoms with Crippen LogP contribution >= 0.6 is 0 Å². The Bertz CT molecular complexity index is 727. The van der Waals surface area contributed by atoms with Crippen molar-refractivity contribution in [2.75, 3.05) is 31.1 Å². The van der Waals surface area contributed by atoms with Gasteiger partial charge in [-0.05, 0) is 12.1 Å². The summed E-state index contributed by atoms with van der Waals surface area (Å²) in [4.78, 5) is 40.0. The van der Waals surface area contributed by atoms with Crippen molar-refractivity contribution in [3.8, 4) is 0 Å². The maximum absolute atomic E-state index is 12.1. The van der Waals surface area contributed by atoms with E-state index < -0.39 is 0 Å². The first kappa shape index (κ1) is 16.8. The lowest BCUT2D eigenvalue weighted by Crippen LogP contribution is -2.48. The molecule has 0 aromatic carbocycles.